The molecular weight excluding hydrogens is 149 g/mol. The molecule has 0 aromatic carbocycles. The van der Waals surface area contributed by atoms with Gasteiger partial charge in [-0.25, -0.2) is 0 Å². The predicted octanol–water partition coefficient (Wildman–Crippen LogP) is -1.51. The van der Waals surface area contributed by atoms with E-state index >= 15 is 0 Å². The van der Waals surface area contributed by atoms with Crippen LogP contribution in [0.5, 0.6) is 0 Å². The normalized spacial score (nSPS) is 3.60. The van der Waals surface area contributed by atoms with Gasteiger partial charge in [-0.2, -0.15) is 0 Å². The van der Waals surface area contributed by atoms with E-state index in [9.17, 15) is 0 Å². The first-order valence-electron chi connectivity index (χ1n) is 0.535. The quantitative estimate of drug-likeness (QED) is 0.295. The largest absolute Gasteiger partial charge is 3.00 e. The molecule has 0 radical (unpaired) electrons. The van der Waals surface area contributed by atoms with E-state index < -0.39 is 0 Å². The molecule has 0 aromatic rings. The third-order valence-electron chi connectivity index (χ3n) is 0. The zero-order valence-corrected chi connectivity index (χ0v) is 8.83. The van der Waals surface area contributed by atoms with Crippen LogP contribution in [0.15, 0.2) is 0 Å². The second-order valence-electron chi connectivity index (χ2n) is 0.101. The van der Waals surface area contributed by atoms with Crippen LogP contribution in [0.4, 0.5) is 0 Å². The number of alkyl halides is 2. The molecule has 0 nitrogen and oxygen atoms in total. The third-order valence-corrected chi connectivity index (χ3v) is 0. The van der Waals surface area contributed by atoms with Crippen molar-refractivity contribution in [1.29, 1.82) is 0 Å². The van der Waals surface area contributed by atoms with Crippen molar-refractivity contribution in [3.8, 4) is 0 Å². The molecule has 0 bridgehead atoms. The number of rotatable bonds is 0. The Bertz CT molecular complexity index is 18.5. The maximum absolute atomic E-state index is 4.76. The maximum atomic E-state index is 4.76. The van der Waals surface area contributed by atoms with Crippen molar-refractivity contribution in [2.45, 2.75) is 0 Å². The Morgan fingerprint density at radius 1 is 1.40 bits per heavy atom. The first-order valence-corrected chi connectivity index (χ1v) is 1.60. The van der Waals surface area contributed by atoms with Crippen LogP contribution in [-0.4, -0.2) is 22.7 Å². The van der Waals surface area contributed by atoms with Gasteiger partial charge in [0.1, 0.15) is 0 Å². The van der Waals surface area contributed by atoms with Crippen molar-refractivity contribution in [2.24, 2.45) is 0 Å². The zero-order chi connectivity index (χ0) is 2.71. The SMILES string of the molecule is ClCCl.[Al+3].[H-].[H-].[H-].[H-].[K+]. The molecule has 0 atom stereocenters. The second kappa shape index (κ2) is 15.9. The van der Waals surface area contributed by atoms with E-state index in [1.54, 1.807) is 0 Å². The minimum atomic E-state index is 0. The van der Waals surface area contributed by atoms with E-state index in [4.69, 9.17) is 23.2 Å². The Morgan fingerprint density at radius 3 is 1.40 bits per heavy atom. The molecule has 0 aliphatic carbocycles. The average molecular weight is 155 g/mol. The molecule has 0 saturated heterocycles. The minimum absolute atomic E-state index is 0. The molecule has 0 aliphatic rings. The van der Waals surface area contributed by atoms with Crippen molar-refractivity contribution in [2.75, 3.05) is 5.34 Å². The van der Waals surface area contributed by atoms with Crippen LogP contribution in [0.1, 0.15) is 5.71 Å². The molecule has 4 heteroatoms. The van der Waals surface area contributed by atoms with Crippen LogP contribution in [0, 0.1) is 0 Å². The Morgan fingerprint density at radius 2 is 1.40 bits per heavy atom. The zero-order valence-electron chi connectivity index (χ0n) is 7.04. The van der Waals surface area contributed by atoms with E-state index in [-0.39, 0.29) is 79.8 Å². The van der Waals surface area contributed by atoms with Crippen molar-refractivity contribution in [3.63, 3.8) is 0 Å². The summed E-state index contributed by atoms with van der Waals surface area (Å²) >= 11 is 9.53. The fourth-order valence-corrected chi connectivity index (χ4v) is 0. The van der Waals surface area contributed by atoms with Crippen molar-refractivity contribution >= 4 is 40.6 Å². The summed E-state index contributed by atoms with van der Waals surface area (Å²) in [7, 11) is 0. The van der Waals surface area contributed by atoms with Gasteiger partial charge in [0.15, 0.2) is 0 Å². The van der Waals surface area contributed by atoms with Gasteiger partial charge >= 0.3 is 68.7 Å². The summed E-state index contributed by atoms with van der Waals surface area (Å²) < 4.78 is 0. The molecular formula is CH6AlCl2K. The fourth-order valence-electron chi connectivity index (χ4n) is 0. The molecule has 0 amide bonds. The smallest absolute Gasteiger partial charge is 1.00 e. The van der Waals surface area contributed by atoms with Gasteiger partial charge in [0, 0.05) is 0 Å². The molecule has 28 valence electrons. The minimum Gasteiger partial charge on any atom is -1.00 e. The van der Waals surface area contributed by atoms with Gasteiger partial charge in [0.2, 0.25) is 0 Å². The number of hydrogen-bond acceptors (Lipinski definition) is 0. The predicted molar refractivity (Wildman–Crippen MR) is 26.8 cm³/mol. The standard InChI is InChI=1S/CH2Cl2.Al.K.4H/c2-1-3;;;;;;/h1H2;;;;;;/q;+3;+1;4*-1. The van der Waals surface area contributed by atoms with E-state index in [1.165, 1.54) is 0 Å². The van der Waals surface area contributed by atoms with Crippen LogP contribution < -0.4 is 51.4 Å². The second-order valence-corrected chi connectivity index (χ2v) is 0.909. The molecule has 5 heavy (non-hydrogen) atoms. The first-order chi connectivity index (χ1) is 1.41. The summed E-state index contributed by atoms with van der Waals surface area (Å²) in [4.78, 5) is 0. The Labute approximate surface area is 101 Å². The van der Waals surface area contributed by atoms with Gasteiger partial charge < -0.3 is 5.71 Å². The molecule has 0 unspecified atom stereocenters. The van der Waals surface area contributed by atoms with Crippen LogP contribution in [-0.2, 0) is 0 Å². The van der Waals surface area contributed by atoms with Crippen LogP contribution in [0.25, 0.3) is 0 Å². The Kier molecular flexibility index (Phi) is 49.7. The van der Waals surface area contributed by atoms with E-state index in [2.05, 4.69) is 0 Å². The van der Waals surface area contributed by atoms with Crippen LogP contribution in [0.3, 0.4) is 0 Å². The van der Waals surface area contributed by atoms with Crippen LogP contribution >= 0.6 is 23.2 Å². The summed E-state index contributed by atoms with van der Waals surface area (Å²) in [6.07, 6.45) is 0. The Hall–Kier alpha value is 2.75. The summed E-state index contributed by atoms with van der Waals surface area (Å²) in [6, 6.07) is 0. The number of hydrogen-bond donors (Lipinski definition) is 0. The Balaban J connectivity index is -0.00000000133. The molecule has 0 aliphatic heterocycles. The molecule has 0 aromatic heterocycles. The number of halogens is 2. The summed E-state index contributed by atoms with van der Waals surface area (Å²) in [5.74, 6) is 0. The molecule has 0 fully saturated rings. The van der Waals surface area contributed by atoms with E-state index in [0.717, 1.165) is 0 Å². The van der Waals surface area contributed by atoms with Gasteiger partial charge in [0.05, 0.1) is 5.34 Å². The molecule has 0 heterocycles. The van der Waals surface area contributed by atoms with E-state index in [0.29, 0.717) is 0 Å². The molecule has 0 saturated carbocycles. The summed E-state index contributed by atoms with van der Waals surface area (Å²) in [6.45, 7) is 0. The van der Waals surface area contributed by atoms with Gasteiger partial charge in [-0.3, -0.25) is 0 Å². The van der Waals surface area contributed by atoms with Gasteiger partial charge in [-0.1, -0.05) is 0 Å². The molecule has 0 spiro atoms. The molecule has 0 N–H and O–H groups in total. The monoisotopic (exact) mass is 154 g/mol. The summed E-state index contributed by atoms with van der Waals surface area (Å²) in [5, 5.41) is 0.194. The van der Waals surface area contributed by atoms with E-state index in [1.807, 2.05) is 0 Å². The van der Waals surface area contributed by atoms with Crippen molar-refractivity contribution in [3.05, 3.63) is 0 Å². The van der Waals surface area contributed by atoms with Crippen molar-refractivity contribution < 1.29 is 57.1 Å². The topological polar surface area (TPSA) is 0 Å². The average Bonchev–Trinajstić information content (AvgIpc) is 0.918. The molecule has 0 rings (SSSR count). The first kappa shape index (κ1) is 15.7. The van der Waals surface area contributed by atoms with Gasteiger partial charge in [-0.05, 0) is 0 Å². The summed E-state index contributed by atoms with van der Waals surface area (Å²) in [5.41, 5.74) is 0. The van der Waals surface area contributed by atoms with Gasteiger partial charge in [0.25, 0.3) is 0 Å². The third kappa shape index (κ3) is 20.1. The van der Waals surface area contributed by atoms with Gasteiger partial charge in [-0.15, -0.1) is 23.2 Å². The van der Waals surface area contributed by atoms with Crippen molar-refractivity contribution in [1.82, 2.24) is 0 Å². The maximum Gasteiger partial charge on any atom is 3.00 e. The van der Waals surface area contributed by atoms with Crippen LogP contribution in [0.2, 0.25) is 0 Å². The fraction of sp³-hybridized carbons (Fsp3) is 1.00.